The van der Waals surface area contributed by atoms with Crippen molar-refractivity contribution in [2.45, 2.75) is 31.7 Å². The molecule has 0 fully saturated rings. The first-order valence-electron chi connectivity index (χ1n) is 9.88. The predicted octanol–water partition coefficient (Wildman–Crippen LogP) is 5.03. The lowest BCUT2D eigenvalue weighted by Gasteiger charge is -2.26. The van der Waals surface area contributed by atoms with E-state index in [0.29, 0.717) is 10.7 Å². The highest BCUT2D eigenvalue weighted by Gasteiger charge is 2.28. The summed E-state index contributed by atoms with van der Waals surface area (Å²) in [7, 11) is -3.98. The molecule has 0 saturated heterocycles. The normalized spacial score (nSPS) is 12.3. The molecule has 0 bridgehead atoms. The molecule has 162 valence electrons. The van der Waals surface area contributed by atoms with Crippen LogP contribution in [0.4, 0.5) is 5.69 Å². The summed E-state index contributed by atoms with van der Waals surface area (Å²) in [6.07, 6.45) is 0. The van der Waals surface area contributed by atoms with E-state index in [9.17, 15) is 13.2 Å². The molecule has 0 aliphatic carbocycles. The second-order valence-electron chi connectivity index (χ2n) is 7.43. The first-order chi connectivity index (χ1) is 14.7. The van der Waals surface area contributed by atoms with Gasteiger partial charge in [0.05, 0.1) is 16.6 Å². The zero-order chi connectivity index (χ0) is 22.6. The van der Waals surface area contributed by atoms with Gasteiger partial charge in [-0.1, -0.05) is 48.0 Å². The van der Waals surface area contributed by atoms with Crippen molar-refractivity contribution in [1.29, 1.82) is 0 Å². The van der Waals surface area contributed by atoms with Crippen LogP contribution in [0.5, 0.6) is 0 Å². The maximum Gasteiger partial charge on any atom is 0.264 e. The van der Waals surface area contributed by atoms with Crippen molar-refractivity contribution < 1.29 is 13.2 Å². The molecule has 3 rings (SSSR count). The minimum Gasteiger partial charge on any atom is -0.348 e. The quantitative estimate of drug-likeness (QED) is 0.542. The largest absolute Gasteiger partial charge is 0.348 e. The van der Waals surface area contributed by atoms with E-state index in [1.165, 1.54) is 24.3 Å². The smallest absolute Gasteiger partial charge is 0.264 e. The van der Waals surface area contributed by atoms with E-state index < -0.39 is 15.9 Å². The van der Waals surface area contributed by atoms with Crippen LogP contribution in [-0.2, 0) is 14.8 Å². The third-order valence-electron chi connectivity index (χ3n) is 5.14. The van der Waals surface area contributed by atoms with E-state index in [2.05, 4.69) is 5.32 Å². The van der Waals surface area contributed by atoms with Crippen LogP contribution >= 0.6 is 11.6 Å². The van der Waals surface area contributed by atoms with E-state index in [-0.39, 0.29) is 17.5 Å². The van der Waals surface area contributed by atoms with Gasteiger partial charge in [-0.3, -0.25) is 9.10 Å². The number of carbonyl (C=O) groups is 1. The molecule has 5 nitrogen and oxygen atoms in total. The fourth-order valence-corrected chi connectivity index (χ4v) is 4.71. The molecule has 0 saturated carbocycles. The van der Waals surface area contributed by atoms with Crippen LogP contribution in [0.25, 0.3) is 0 Å². The lowest BCUT2D eigenvalue weighted by atomic mass is 10.1. The van der Waals surface area contributed by atoms with E-state index in [0.717, 1.165) is 21.0 Å². The lowest BCUT2D eigenvalue weighted by Crippen LogP contribution is -2.41. The number of amides is 1. The Morgan fingerprint density at radius 3 is 2.23 bits per heavy atom. The van der Waals surface area contributed by atoms with Crippen molar-refractivity contribution in [2.24, 2.45) is 0 Å². The minimum absolute atomic E-state index is 0.0686. The summed E-state index contributed by atoms with van der Waals surface area (Å²) in [5.41, 5.74) is 3.34. The van der Waals surface area contributed by atoms with Crippen LogP contribution in [0.3, 0.4) is 0 Å². The molecule has 1 amide bonds. The Kier molecular flexibility index (Phi) is 7.03. The lowest BCUT2D eigenvalue weighted by molar-refractivity contribution is -0.120. The summed E-state index contributed by atoms with van der Waals surface area (Å²) in [6.45, 7) is 5.38. The van der Waals surface area contributed by atoms with Gasteiger partial charge in [0.1, 0.15) is 6.54 Å². The number of hydrogen-bond donors (Lipinski definition) is 1. The molecule has 1 N–H and O–H groups in total. The highest BCUT2D eigenvalue weighted by Crippen LogP contribution is 2.26. The molecule has 31 heavy (non-hydrogen) atoms. The summed E-state index contributed by atoms with van der Waals surface area (Å²) in [6, 6.07) is 20.5. The third kappa shape index (κ3) is 5.46. The molecule has 0 aliphatic heterocycles. The Morgan fingerprint density at radius 2 is 1.61 bits per heavy atom. The Balaban J connectivity index is 1.93. The molecule has 0 heterocycles. The second kappa shape index (κ2) is 9.54. The molecule has 0 aromatic heterocycles. The van der Waals surface area contributed by atoms with Gasteiger partial charge in [0, 0.05) is 5.02 Å². The average molecular weight is 457 g/mol. The van der Waals surface area contributed by atoms with Gasteiger partial charge in [-0.05, 0) is 73.9 Å². The number of aryl methyl sites for hydroxylation is 2. The monoisotopic (exact) mass is 456 g/mol. The van der Waals surface area contributed by atoms with Crippen molar-refractivity contribution in [3.8, 4) is 0 Å². The van der Waals surface area contributed by atoms with Gasteiger partial charge in [-0.2, -0.15) is 0 Å². The number of benzene rings is 3. The number of halogens is 1. The minimum atomic E-state index is -3.98. The van der Waals surface area contributed by atoms with Gasteiger partial charge in [0.25, 0.3) is 10.0 Å². The standard InChI is InChI=1S/C24H25ClN2O3S/c1-17-9-12-22(15-18(17)2)27(31(29,30)23-13-10-21(25)11-14-23)16-24(28)26-19(3)20-7-5-4-6-8-20/h4-15,19H,16H2,1-3H3,(H,26,28)/t19-/m0/s1. The van der Waals surface area contributed by atoms with Gasteiger partial charge in [-0.25, -0.2) is 8.42 Å². The third-order valence-corrected chi connectivity index (χ3v) is 7.18. The zero-order valence-corrected chi connectivity index (χ0v) is 19.2. The summed E-state index contributed by atoms with van der Waals surface area (Å²) in [5.74, 6) is -0.396. The van der Waals surface area contributed by atoms with Gasteiger partial charge in [-0.15, -0.1) is 0 Å². The summed E-state index contributed by atoms with van der Waals surface area (Å²) >= 11 is 5.92. The Hall–Kier alpha value is -2.83. The maximum atomic E-state index is 13.4. The van der Waals surface area contributed by atoms with Crippen molar-refractivity contribution in [3.05, 3.63) is 94.5 Å². The summed E-state index contributed by atoms with van der Waals surface area (Å²) in [4.78, 5) is 12.9. The van der Waals surface area contributed by atoms with Crippen LogP contribution in [0, 0.1) is 13.8 Å². The molecule has 7 heteroatoms. The molecule has 3 aromatic carbocycles. The molecule has 0 unspecified atom stereocenters. The van der Waals surface area contributed by atoms with Crippen molar-refractivity contribution in [3.63, 3.8) is 0 Å². The van der Waals surface area contributed by atoms with Gasteiger partial charge in [0.15, 0.2) is 0 Å². The van der Waals surface area contributed by atoms with Crippen molar-refractivity contribution in [1.82, 2.24) is 5.32 Å². The predicted molar refractivity (Wildman–Crippen MR) is 125 cm³/mol. The molecule has 0 aliphatic rings. The number of rotatable bonds is 7. The van der Waals surface area contributed by atoms with Crippen LogP contribution in [0.2, 0.25) is 5.02 Å². The van der Waals surface area contributed by atoms with Crippen molar-refractivity contribution in [2.75, 3.05) is 10.8 Å². The fraction of sp³-hybridized carbons (Fsp3) is 0.208. The molecular formula is C24H25ClN2O3S. The van der Waals surface area contributed by atoms with E-state index >= 15 is 0 Å². The molecule has 1 atom stereocenters. The Labute approximate surface area is 188 Å². The van der Waals surface area contributed by atoms with E-state index in [1.54, 1.807) is 12.1 Å². The zero-order valence-electron chi connectivity index (χ0n) is 17.7. The molecule has 0 radical (unpaired) electrons. The number of carbonyl (C=O) groups excluding carboxylic acids is 1. The van der Waals surface area contributed by atoms with Gasteiger partial charge < -0.3 is 5.32 Å². The summed E-state index contributed by atoms with van der Waals surface area (Å²) < 4.78 is 28.0. The van der Waals surface area contributed by atoms with E-state index in [1.807, 2.05) is 57.2 Å². The number of nitrogens with one attached hydrogen (secondary N) is 1. The number of nitrogens with zero attached hydrogens (tertiary/aromatic N) is 1. The average Bonchev–Trinajstić information content (AvgIpc) is 2.75. The van der Waals surface area contributed by atoms with E-state index in [4.69, 9.17) is 11.6 Å². The number of sulfonamides is 1. The number of anilines is 1. The van der Waals surface area contributed by atoms with Crippen LogP contribution in [0.1, 0.15) is 29.7 Å². The molecule has 3 aromatic rings. The molecule has 0 spiro atoms. The molecular weight excluding hydrogens is 432 g/mol. The first kappa shape index (κ1) is 22.8. The summed E-state index contributed by atoms with van der Waals surface area (Å²) in [5, 5.41) is 3.33. The number of hydrogen-bond acceptors (Lipinski definition) is 3. The first-order valence-corrected chi connectivity index (χ1v) is 11.7. The Morgan fingerprint density at radius 1 is 0.968 bits per heavy atom. The highest BCUT2D eigenvalue weighted by atomic mass is 35.5. The van der Waals surface area contributed by atoms with Crippen LogP contribution in [0.15, 0.2) is 77.7 Å². The van der Waals surface area contributed by atoms with Crippen LogP contribution in [-0.4, -0.2) is 20.9 Å². The topological polar surface area (TPSA) is 66.5 Å². The van der Waals surface area contributed by atoms with Gasteiger partial charge >= 0.3 is 0 Å². The highest BCUT2D eigenvalue weighted by molar-refractivity contribution is 7.92. The SMILES string of the molecule is Cc1ccc(N(CC(=O)N[C@@H](C)c2ccccc2)S(=O)(=O)c2ccc(Cl)cc2)cc1C. The Bertz CT molecular complexity index is 1160. The fourth-order valence-electron chi connectivity index (χ4n) is 3.17. The van der Waals surface area contributed by atoms with Crippen molar-refractivity contribution >= 4 is 33.2 Å². The van der Waals surface area contributed by atoms with Crippen LogP contribution < -0.4 is 9.62 Å². The maximum absolute atomic E-state index is 13.4. The van der Waals surface area contributed by atoms with Gasteiger partial charge in [0.2, 0.25) is 5.91 Å². The second-order valence-corrected chi connectivity index (χ2v) is 9.73.